The predicted molar refractivity (Wildman–Crippen MR) is 64.7 cm³/mol. The van der Waals surface area contributed by atoms with Gasteiger partial charge < -0.3 is 10.5 Å². The Labute approximate surface area is 94.6 Å². The van der Waals surface area contributed by atoms with Gasteiger partial charge in [-0.1, -0.05) is 20.8 Å². The highest BCUT2D eigenvalue weighted by Crippen LogP contribution is 2.35. The van der Waals surface area contributed by atoms with Gasteiger partial charge in [0, 0.05) is 13.2 Å². The molecule has 0 heterocycles. The van der Waals surface area contributed by atoms with Crippen molar-refractivity contribution in [2.24, 2.45) is 23.5 Å². The predicted octanol–water partition coefficient (Wildman–Crippen LogP) is 2.81. The normalized spacial score (nSPS) is 36.2. The van der Waals surface area contributed by atoms with E-state index in [0.29, 0.717) is 5.92 Å². The summed E-state index contributed by atoms with van der Waals surface area (Å²) in [4.78, 5) is 0. The van der Waals surface area contributed by atoms with Crippen LogP contribution in [0.3, 0.4) is 0 Å². The lowest BCUT2D eigenvalue weighted by atomic mass is 9.72. The van der Waals surface area contributed by atoms with Crippen molar-refractivity contribution in [3.63, 3.8) is 0 Å². The molecule has 90 valence electrons. The first-order valence-corrected chi connectivity index (χ1v) is 6.36. The third kappa shape index (κ3) is 3.46. The van der Waals surface area contributed by atoms with Gasteiger partial charge >= 0.3 is 0 Å². The van der Waals surface area contributed by atoms with Crippen LogP contribution in [0, 0.1) is 17.8 Å². The van der Waals surface area contributed by atoms with Crippen molar-refractivity contribution in [3.8, 4) is 0 Å². The molecule has 15 heavy (non-hydrogen) atoms. The maximum atomic E-state index is 6.31. The summed E-state index contributed by atoms with van der Waals surface area (Å²) in [7, 11) is 1.78. The molecule has 0 saturated heterocycles. The fourth-order valence-corrected chi connectivity index (χ4v) is 3.22. The zero-order valence-corrected chi connectivity index (χ0v) is 10.7. The summed E-state index contributed by atoms with van der Waals surface area (Å²) in [6, 6.07) is 0.227. The van der Waals surface area contributed by atoms with E-state index in [1.807, 2.05) is 0 Å². The minimum Gasteiger partial charge on any atom is -0.380 e. The first-order valence-electron chi connectivity index (χ1n) is 6.36. The highest BCUT2D eigenvalue weighted by Gasteiger charge is 2.31. The van der Waals surface area contributed by atoms with E-state index >= 15 is 0 Å². The number of nitrogens with two attached hydrogens (primary N) is 1. The molecule has 4 atom stereocenters. The average molecular weight is 213 g/mol. The number of ether oxygens (including phenoxy) is 1. The number of methoxy groups -OCH3 is 1. The molecule has 4 unspecified atom stereocenters. The smallest absolute Gasteiger partial charge is 0.0722 e. The van der Waals surface area contributed by atoms with Crippen LogP contribution in [-0.4, -0.2) is 19.3 Å². The van der Waals surface area contributed by atoms with Crippen molar-refractivity contribution >= 4 is 0 Å². The van der Waals surface area contributed by atoms with Gasteiger partial charge in [0.2, 0.25) is 0 Å². The molecule has 2 heteroatoms. The van der Waals surface area contributed by atoms with E-state index in [-0.39, 0.29) is 12.1 Å². The Morgan fingerprint density at radius 2 is 1.73 bits per heavy atom. The molecule has 2 N–H and O–H groups in total. The molecule has 1 fully saturated rings. The van der Waals surface area contributed by atoms with E-state index in [0.717, 1.165) is 18.3 Å². The molecule has 0 radical (unpaired) electrons. The van der Waals surface area contributed by atoms with Crippen LogP contribution < -0.4 is 5.73 Å². The van der Waals surface area contributed by atoms with Gasteiger partial charge in [0.25, 0.3) is 0 Å². The molecule has 1 aliphatic rings. The molecule has 0 amide bonds. The Kier molecular flexibility index (Phi) is 5.07. The molecule has 0 aromatic heterocycles. The van der Waals surface area contributed by atoms with Crippen LogP contribution in [0.15, 0.2) is 0 Å². The van der Waals surface area contributed by atoms with Gasteiger partial charge in [0.05, 0.1) is 6.10 Å². The van der Waals surface area contributed by atoms with Gasteiger partial charge in [-0.25, -0.2) is 0 Å². The van der Waals surface area contributed by atoms with Gasteiger partial charge in [0.1, 0.15) is 0 Å². The summed E-state index contributed by atoms with van der Waals surface area (Å²) < 4.78 is 5.46. The standard InChI is InChI=1S/C13H27NO/c1-5-12(15-4)13(14)11-7-9(2)6-10(3)8-11/h9-13H,5-8,14H2,1-4H3. The molecular formula is C13H27NO. The number of rotatable bonds is 4. The van der Waals surface area contributed by atoms with E-state index in [2.05, 4.69) is 20.8 Å². The minimum absolute atomic E-state index is 0.227. The Balaban J connectivity index is 2.53. The highest BCUT2D eigenvalue weighted by molar-refractivity contribution is 4.86. The third-order valence-electron chi connectivity index (χ3n) is 3.89. The summed E-state index contributed by atoms with van der Waals surface area (Å²) in [6.07, 6.45) is 5.20. The topological polar surface area (TPSA) is 35.2 Å². The molecule has 1 rings (SSSR count). The first-order chi connectivity index (χ1) is 7.08. The lowest BCUT2D eigenvalue weighted by Crippen LogP contribution is -2.44. The largest absolute Gasteiger partial charge is 0.380 e. The van der Waals surface area contributed by atoms with Crippen molar-refractivity contribution in [3.05, 3.63) is 0 Å². The summed E-state index contributed by atoms with van der Waals surface area (Å²) >= 11 is 0. The maximum Gasteiger partial charge on any atom is 0.0722 e. The Morgan fingerprint density at radius 1 is 1.20 bits per heavy atom. The summed E-state index contributed by atoms with van der Waals surface area (Å²) in [6.45, 7) is 6.86. The van der Waals surface area contributed by atoms with E-state index < -0.39 is 0 Å². The molecule has 1 saturated carbocycles. The average Bonchev–Trinajstić information content (AvgIpc) is 2.18. The summed E-state index contributed by atoms with van der Waals surface area (Å²) in [5.74, 6) is 2.33. The quantitative estimate of drug-likeness (QED) is 0.779. The molecule has 1 aliphatic carbocycles. The van der Waals surface area contributed by atoms with Crippen molar-refractivity contribution in [2.45, 2.75) is 58.6 Å². The van der Waals surface area contributed by atoms with Crippen LogP contribution in [-0.2, 0) is 4.74 Å². The van der Waals surface area contributed by atoms with Crippen LogP contribution in [0.2, 0.25) is 0 Å². The summed E-state index contributed by atoms with van der Waals surface area (Å²) in [5, 5.41) is 0. The van der Waals surface area contributed by atoms with E-state index in [1.54, 1.807) is 7.11 Å². The lowest BCUT2D eigenvalue weighted by molar-refractivity contribution is 0.0407. The van der Waals surface area contributed by atoms with E-state index in [4.69, 9.17) is 10.5 Å². The molecule has 0 bridgehead atoms. The SMILES string of the molecule is CCC(OC)C(N)C1CC(C)CC(C)C1. The van der Waals surface area contributed by atoms with Crippen LogP contribution >= 0.6 is 0 Å². The molecular weight excluding hydrogens is 186 g/mol. The fraction of sp³-hybridized carbons (Fsp3) is 1.00. The van der Waals surface area contributed by atoms with Crippen molar-refractivity contribution in [1.82, 2.24) is 0 Å². The Morgan fingerprint density at radius 3 is 2.13 bits per heavy atom. The highest BCUT2D eigenvalue weighted by atomic mass is 16.5. The van der Waals surface area contributed by atoms with Crippen LogP contribution in [0.1, 0.15) is 46.5 Å². The zero-order valence-electron chi connectivity index (χ0n) is 10.7. The Bertz CT molecular complexity index is 169. The second-order valence-corrected chi connectivity index (χ2v) is 5.44. The zero-order chi connectivity index (χ0) is 11.4. The molecule has 0 spiro atoms. The van der Waals surface area contributed by atoms with Crippen LogP contribution in [0.25, 0.3) is 0 Å². The first kappa shape index (κ1) is 13.0. The molecule has 0 aromatic carbocycles. The molecule has 0 aromatic rings. The maximum absolute atomic E-state index is 6.31. The van der Waals surface area contributed by atoms with Crippen molar-refractivity contribution in [2.75, 3.05) is 7.11 Å². The summed E-state index contributed by atoms with van der Waals surface area (Å²) in [5.41, 5.74) is 6.31. The lowest BCUT2D eigenvalue weighted by Gasteiger charge is -2.37. The third-order valence-corrected chi connectivity index (χ3v) is 3.89. The second-order valence-electron chi connectivity index (χ2n) is 5.44. The van der Waals surface area contributed by atoms with Crippen molar-refractivity contribution < 1.29 is 4.74 Å². The van der Waals surface area contributed by atoms with Gasteiger partial charge in [-0.15, -0.1) is 0 Å². The minimum atomic E-state index is 0.227. The molecule has 0 aliphatic heterocycles. The van der Waals surface area contributed by atoms with Crippen LogP contribution in [0.5, 0.6) is 0 Å². The van der Waals surface area contributed by atoms with E-state index in [9.17, 15) is 0 Å². The number of hydrogen-bond donors (Lipinski definition) is 1. The Hall–Kier alpha value is -0.0800. The van der Waals surface area contributed by atoms with Gasteiger partial charge in [-0.3, -0.25) is 0 Å². The molecule has 2 nitrogen and oxygen atoms in total. The van der Waals surface area contributed by atoms with Gasteiger partial charge in [-0.2, -0.15) is 0 Å². The van der Waals surface area contributed by atoms with E-state index in [1.165, 1.54) is 19.3 Å². The fourth-order valence-electron chi connectivity index (χ4n) is 3.22. The number of hydrogen-bond acceptors (Lipinski definition) is 2. The van der Waals surface area contributed by atoms with Gasteiger partial charge in [0.15, 0.2) is 0 Å². The van der Waals surface area contributed by atoms with Gasteiger partial charge in [-0.05, 0) is 43.4 Å². The monoisotopic (exact) mass is 213 g/mol. The van der Waals surface area contributed by atoms with Crippen molar-refractivity contribution in [1.29, 1.82) is 0 Å². The van der Waals surface area contributed by atoms with Crippen LogP contribution in [0.4, 0.5) is 0 Å². The second kappa shape index (κ2) is 5.86.